The highest BCUT2D eigenvalue weighted by molar-refractivity contribution is 5.92. The third-order valence-electron chi connectivity index (χ3n) is 3.80. The molecule has 3 rings (SSSR count). The van der Waals surface area contributed by atoms with Gasteiger partial charge in [0.15, 0.2) is 6.61 Å². The van der Waals surface area contributed by atoms with Crippen molar-refractivity contribution in [2.45, 2.75) is 13.5 Å². The molecule has 27 heavy (non-hydrogen) atoms. The second-order valence-corrected chi connectivity index (χ2v) is 5.81. The zero-order chi connectivity index (χ0) is 19.4. The maximum atomic E-state index is 12.4. The Kier molecular flexibility index (Phi) is 5.16. The van der Waals surface area contributed by atoms with Crippen molar-refractivity contribution in [3.05, 3.63) is 69.8 Å². The molecule has 0 saturated heterocycles. The number of hydrogen-bond donors (Lipinski definition) is 2. The number of para-hydroxylation sites is 2. The first-order chi connectivity index (χ1) is 13.0. The summed E-state index contributed by atoms with van der Waals surface area (Å²) in [4.78, 5) is 42.4. The summed E-state index contributed by atoms with van der Waals surface area (Å²) in [5, 5.41) is 0.468. The average Bonchev–Trinajstić information content (AvgIpc) is 2.65. The van der Waals surface area contributed by atoms with Gasteiger partial charge >= 0.3 is 5.97 Å². The van der Waals surface area contributed by atoms with Crippen LogP contribution in [0.2, 0.25) is 0 Å². The number of aryl methyl sites for hydroxylation is 1. The predicted molar refractivity (Wildman–Crippen MR) is 97.4 cm³/mol. The van der Waals surface area contributed by atoms with Crippen molar-refractivity contribution >= 4 is 22.8 Å². The van der Waals surface area contributed by atoms with Gasteiger partial charge in [-0.05, 0) is 30.7 Å². The van der Waals surface area contributed by atoms with Crippen LogP contribution in [-0.4, -0.2) is 28.5 Å². The average molecular weight is 367 g/mol. The molecule has 0 radical (unpaired) electrons. The lowest BCUT2D eigenvalue weighted by Gasteiger charge is -2.10. The minimum Gasteiger partial charge on any atom is -0.483 e. The summed E-state index contributed by atoms with van der Waals surface area (Å²) in [7, 11) is 0. The molecule has 8 nitrogen and oxygen atoms in total. The highest BCUT2D eigenvalue weighted by Crippen LogP contribution is 2.19. The minimum atomic E-state index is -0.678. The number of amides is 1. The van der Waals surface area contributed by atoms with Crippen LogP contribution < -0.4 is 16.0 Å². The topological polar surface area (TPSA) is 124 Å². The Morgan fingerprint density at radius 1 is 1.15 bits per heavy atom. The zero-order valence-corrected chi connectivity index (χ0v) is 14.5. The fourth-order valence-electron chi connectivity index (χ4n) is 2.54. The number of aromatic amines is 1. The molecule has 0 aliphatic rings. The number of H-pyrrole nitrogens is 1. The van der Waals surface area contributed by atoms with Gasteiger partial charge < -0.3 is 20.2 Å². The number of carbonyl (C=O) groups excluding carboxylic acids is 2. The molecule has 0 unspecified atom stereocenters. The Bertz CT molecular complexity index is 1070. The summed E-state index contributed by atoms with van der Waals surface area (Å²) < 4.78 is 10.5. The van der Waals surface area contributed by atoms with E-state index in [1.165, 1.54) is 12.1 Å². The van der Waals surface area contributed by atoms with Crippen LogP contribution in [0.3, 0.4) is 0 Å². The van der Waals surface area contributed by atoms with Gasteiger partial charge in [-0.2, -0.15) is 0 Å². The second-order valence-electron chi connectivity index (χ2n) is 5.81. The fraction of sp³-hybridized carbons (Fsp3) is 0.158. The maximum Gasteiger partial charge on any atom is 0.342 e. The van der Waals surface area contributed by atoms with Gasteiger partial charge in [0.05, 0.1) is 10.9 Å². The molecular weight excluding hydrogens is 350 g/mol. The Labute approximate surface area is 153 Å². The van der Waals surface area contributed by atoms with Crippen LogP contribution in [0.5, 0.6) is 5.75 Å². The number of aromatic nitrogens is 2. The summed E-state index contributed by atoms with van der Waals surface area (Å²) in [5.74, 6) is -0.933. The van der Waals surface area contributed by atoms with E-state index in [9.17, 15) is 14.4 Å². The molecule has 1 heterocycles. The van der Waals surface area contributed by atoms with Gasteiger partial charge in [0.2, 0.25) is 0 Å². The van der Waals surface area contributed by atoms with E-state index in [0.29, 0.717) is 10.9 Å². The number of nitrogens with one attached hydrogen (secondary N) is 1. The van der Waals surface area contributed by atoms with Gasteiger partial charge in [0.1, 0.15) is 23.7 Å². The van der Waals surface area contributed by atoms with Crippen LogP contribution >= 0.6 is 0 Å². The molecule has 0 aliphatic carbocycles. The molecule has 0 saturated carbocycles. The first-order valence-corrected chi connectivity index (χ1v) is 8.11. The SMILES string of the molecule is Cc1cccc2c(=O)[nH]c(COC(=O)c3ccccc3OCC(N)=O)nc12. The third-order valence-corrected chi connectivity index (χ3v) is 3.80. The fourth-order valence-corrected chi connectivity index (χ4v) is 2.54. The van der Waals surface area contributed by atoms with E-state index >= 15 is 0 Å². The largest absolute Gasteiger partial charge is 0.483 e. The Morgan fingerprint density at radius 3 is 2.70 bits per heavy atom. The first-order valence-electron chi connectivity index (χ1n) is 8.11. The lowest BCUT2D eigenvalue weighted by atomic mass is 10.1. The monoisotopic (exact) mass is 367 g/mol. The lowest BCUT2D eigenvalue weighted by molar-refractivity contribution is -0.119. The number of hydrogen-bond acceptors (Lipinski definition) is 6. The Morgan fingerprint density at radius 2 is 1.93 bits per heavy atom. The second kappa shape index (κ2) is 7.69. The van der Waals surface area contributed by atoms with Gasteiger partial charge in [-0.1, -0.05) is 24.3 Å². The number of carbonyl (C=O) groups is 2. The van der Waals surface area contributed by atoms with E-state index in [2.05, 4.69) is 9.97 Å². The van der Waals surface area contributed by atoms with Gasteiger partial charge in [-0.15, -0.1) is 0 Å². The number of nitrogens with two attached hydrogens (primary N) is 1. The lowest BCUT2D eigenvalue weighted by Crippen LogP contribution is -2.21. The van der Waals surface area contributed by atoms with E-state index in [-0.39, 0.29) is 35.9 Å². The molecule has 2 aromatic carbocycles. The molecule has 8 heteroatoms. The van der Waals surface area contributed by atoms with E-state index in [0.717, 1.165) is 5.56 Å². The van der Waals surface area contributed by atoms with Crippen LogP contribution in [-0.2, 0) is 16.1 Å². The number of fused-ring (bicyclic) bond motifs is 1. The van der Waals surface area contributed by atoms with Crippen LogP contribution in [0.25, 0.3) is 10.9 Å². The summed E-state index contributed by atoms with van der Waals surface area (Å²) >= 11 is 0. The van der Waals surface area contributed by atoms with Crippen molar-refractivity contribution in [2.75, 3.05) is 6.61 Å². The van der Waals surface area contributed by atoms with Crippen LogP contribution in [0, 0.1) is 6.92 Å². The number of rotatable bonds is 6. The summed E-state index contributed by atoms with van der Waals surface area (Å²) in [6.07, 6.45) is 0. The van der Waals surface area contributed by atoms with E-state index in [4.69, 9.17) is 15.2 Å². The molecule has 1 aromatic heterocycles. The van der Waals surface area contributed by atoms with Crippen LogP contribution in [0.15, 0.2) is 47.3 Å². The van der Waals surface area contributed by atoms with Gasteiger partial charge in [0, 0.05) is 0 Å². The molecule has 0 aliphatic heterocycles. The molecule has 138 valence electrons. The highest BCUT2D eigenvalue weighted by atomic mass is 16.5. The predicted octanol–water partition coefficient (Wildman–Crippen LogP) is 1.45. The standard InChI is InChI=1S/C19H17N3O5/c1-11-5-4-7-13-17(11)21-16(22-18(13)24)10-27-19(25)12-6-2-3-8-14(12)26-9-15(20)23/h2-8H,9-10H2,1H3,(H2,20,23)(H,21,22,24). The number of primary amides is 1. The van der Waals surface area contributed by atoms with Crippen molar-refractivity contribution in [1.29, 1.82) is 0 Å². The van der Waals surface area contributed by atoms with Gasteiger partial charge in [-0.3, -0.25) is 9.59 Å². The number of nitrogens with zero attached hydrogens (tertiary/aromatic N) is 1. The van der Waals surface area contributed by atoms with Crippen LogP contribution in [0.4, 0.5) is 0 Å². The summed E-state index contributed by atoms with van der Waals surface area (Å²) in [6, 6.07) is 11.6. The third kappa shape index (κ3) is 4.12. The molecule has 3 aromatic rings. The van der Waals surface area contributed by atoms with Gasteiger partial charge in [-0.25, -0.2) is 9.78 Å². The van der Waals surface area contributed by atoms with E-state index in [1.54, 1.807) is 24.3 Å². The highest BCUT2D eigenvalue weighted by Gasteiger charge is 2.15. The van der Waals surface area contributed by atoms with Gasteiger partial charge in [0.25, 0.3) is 11.5 Å². The Hall–Kier alpha value is -3.68. The minimum absolute atomic E-state index is 0.137. The molecule has 3 N–H and O–H groups in total. The summed E-state index contributed by atoms with van der Waals surface area (Å²) in [5.41, 5.74) is 6.28. The number of esters is 1. The molecule has 0 bridgehead atoms. The van der Waals surface area contributed by atoms with Crippen LogP contribution in [0.1, 0.15) is 21.7 Å². The molecule has 0 fully saturated rings. The zero-order valence-electron chi connectivity index (χ0n) is 14.5. The quantitative estimate of drug-likeness (QED) is 0.636. The van der Waals surface area contributed by atoms with Crippen molar-refractivity contribution in [3.63, 3.8) is 0 Å². The van der Waals surface area contributed by atoms with Crippen molar-refractivity contribution in [2.24, 2.45) is 5.73 Å². The summed E-state index contributed by atoms with van der Waals surface area (Å²) in [6.45, 7) is 1.27. The van der Waals surface area contributed by atoms with Crippen molar-refractivity contribution in [3.8, 4) is 5.75 Å². The first kappa shape index (κ1) is 18.1. The van der Waals surface area contributed by atoms with E-state index < -0.39 is 11.9 Å². The number of ether oxygens (including phenoxy) is 2. The van der Waals surface area contributed by atoms with Crippen molar-refractivity contribution in [1.82, 2.24) is 9.97 Å². The van der Waals surface area contributed by atoms with E-state index in [1.807, 2.05) is 13.0 Å². The molecule has 0 spiro atoms. The maximum absolute atomic E-state index is 12.4. The molecule has 1 amide bonds. The smallest absolute Gasteiger partial charge is 0.342 e. The Balaban J connectivity index is 1.79. The molecule has 0 atom stereocenters. The van der Waals surface area contributed by atoms with Crippen molar-refractivity contribution < 1.29 is 19.1 Å². The number of benzene rings is 2. The normalized spacial score (nSPS) is 10.6. The molecular formula is C19H17N3O5.